The quantitative estimate of drug-likeness (QED) is 0.793. The lowest BCUT2D eigenvalue weighted by molar-refractivity contribution is 0.358. The Morgan fingerprint density at radius 1 is 1.23 bits per heavy atom. The van der Waals surface area contributed by atoms with Crippen LogP contribution < -0.4 is 10.0 Å². The van der Waals surface area contributed by atoms with E-state index >= 15 is 0 Å². The minimum absolute atomic E-state index is 0.00635. The van der Waals surface area contributed by atoms with Crippen LogP contribution in [0.25, 0.3) is 0 Å². The molecule has 8 heteroatoms. The number of rotatable bonds is 6. The fraction of sp³-hybridized carbons (Fsp3) is 0.571. The van der Waals surface area contributed by atoms with Gasteiger partial charge in [-0.1, -0.05) is 6.07 Å². The van der Waals surface area contributed by atoms with Crippen LogP contribution in [0.15, 0.2) is 34.1 Å². The van der Waals surface area contributed by atoms with Crippen molar-refractivity contribution in [2.24, 2.45) is 5.92 Å². The molecule has 0 radical (unpaired) electrons. The second-order valence-corrected chi connectivity index (χ2v) is 9.43. The van der Waals surface area contributed by atoms with E-state index in [4.69, 9.17) is 0 Å². The van der Waals surface area contributed by atoms with E-state index in [1.807, 2.05) is 0 Å². The molecule has 22 heavy (non-hydrogen) atoms. The summed E-state index contributed by atoms with van der Waals surface area (Å²) in [6.07, 6.45) is 4.06. The summed E-state index contributed by atoms with van der Waals surface area (Å²) in [5, 5.41) is 3.29. The molecule has 1 heterocycles. The van der Waals surface area contributed by atoms with Crippen LogP contribution >= 0.6 is 0 Å². The molecule has 1 saturated heterocycles. The maximum absolute atomic E-state index is 12.2. The lowest BCUT2D eigenvalue weighted by Gasteiger charge is -2.22. The first-order valence-electron chi connectivity index (χ1n) is 7.29. The average Bonchev–Trinajstić information content (AvgIpc) is 2.47. The van der Waals surface area contributed by atoms with E-state index in [0.717, 1.165) is 38.6 Å². The third-order valence-electron chi connectivity index (χ3n) is 3.79. The van der Waals surface area contributed by atoms with Gasteiger partial charge in [-0.3, -0.25) is 0 Å². The number of sulfone groups is 1. The third kappa shape index (κ3) is 4.77. The van der Waals surface area contributed by atoms with Crippen LogP contribution in [-0.4, -0.2) is 42.7 Å². The maximum Gasteiger partial charge on any atom is 0.240 e. The van der Waals surface area contributed by atoms with Crippen LogP contribution in [0.4, 0.5) is 0 Å². The largest absolute Gasteiger partial charge is 0.316 e. The molecule has 2 N–H and O–H groups in total. The van der Waals surface area contributed by atoms with Crippen LogP contribution in [0.2, 0.25) is 0 Å². The van der Waals surface area contributed by atoms with Gasteiger partial charge in [0.1, 0.15) is 0 Å². The Kier molecular flexibility index (Phi) is 5.60. The van der Waals surface area contributed by atoms with Crippen molar-refractivity contribution in [3.63, 3.8) is 0 Å². The van der Waals surface area contributed by atoms with Crippen molar-refractivity contribution >= 4 is 19.9 Å². The van der Waals surface area contributed by atoms with Crippen molar-refractivity contribution in [1.82, 2.24) is 10.0 Å². The molecule has 1 aliphatic heterocycles. The van der Waals surface area contributed by atoms with E-state index in [0.29, 0.717) is 12.5 Å². The maximum atomic E-state index is 12.2. The zero-order valence-electron chi connectivity index (χ0n) is 12.6. The first kappa shape index (κ1) is 17.4. The predicted octanol–water partition coefficient (Wildman–Crippen LogP) is 0.758. The predicted molar refractivity (Wildman–Crippen MR) is 85.0 cm³/mol. The molecule has 1 fully saturated rings. The van der Waals surface area contributed by atoms with Crippen molar-refractivity contribution < 1.29 is 16.8 Å². The summed E-state index contributed by atoms with van der Waals surface area (Å²) in [5.41, 5.74) is 0. The van der Waals surface area contributed by atoms with E-state index < -0.39 is 19.9 Å². The van der Waals surface area contributed by atoms with Crippen molar-refractivity contribution in [2.75, 3.05) is 25.9 Å². The van der Waals surface area contributed by atoms with E-state index in [1.165, 1.54) is 24.3 Å². The highest BCUT2D eigenvalue weighted by molar-refractivity contribution is 7.91. The van der Waals surface area contributed by atoms with Crippen LogP contribution in [0, 0.1) is 5.92 Å². The summed E-state index contributed by atoms with van der Waals surface area (Å²) < 4.78 is 50.0. The molecule has 0 aliphatic carbocycles. The normalized spacial score (nSPS) is 20.0. The van der Waals surface area contributed by atoms with Crippen molar-refractivity contribution in [3.05, 3.63) is 24.3 Å². The van der Waals surface area contributed by atoms with E-state index in [-0.39, 0.29) is 9.79 Å². The number of nitrogens with one attached hydrogen (secondary N) is 2. The van der Waals surface area contributed by atoms with Crippen molar-refractivity contribution in [2.45, 2.75) is 29.1 Å². The third-order valence-corrected chi connectivity index (χ3v) is 6.36. The van der Waals surface area contributed by atoms with Gasteiger partial charge in [0.25, 0.3) is 0 Å². The zero-order valence-corrected chi connectivity index (χ0v) is 14.2. The molecule has 124 valence electrons. The molecule has 1 aliphatic rings. The summed E-state index contributed by atoms with van der Waals surface area (Å²) in [6.45, 7) is 2.31. The first-order valence-corrected chi connectivity index (χ1v) is 10.7. The Hall–Kier alpha value is -0.960. The Balaban J connectivity index is 2.01. The molecule has 0 bridgehead atoms. The molecular formula is C14H22N2O4S2. The van der Waals surface area contributed by atoms with Gasteiger partial charge in [0, 0.05) is 12.8 Å². The molecule has 1 aromatic rings. The molecular weight excluding hydrogens is 324 g/mol. The van der Waals surface area contributed by atoms with Gasteiger partial charge in [-0.25, -0.2) is 21.6 Å². The van der Waals surface area contributed by atoms with E-state index in [9.17, 15) is 16.8 Å². The lowest BCUT2D eigenvalue weighted by Crippen LogP contribution is -2.33. The highest BCUT2D eigenvalue weighted by atomic mass is 32.2. The Morgan fingerprint density at radius 2 is 1.95 bits per heavy atom. The summed E-state index contributed by atoms with van der Waals surface area (Å²) in [5.74, 6) is 0.485. The molecule has 1 aromatic carbocycles. The van der Waals surface area contributed by atoms with Crippen LogP contribution in [0.3, 0.4) is 0 Å². The summed E-state index contributed by atoms with van der Waals surface area (Å²) in [7, 11) is -7.10. The number of benzene rings is 1. The van der Waals surface area contributed by atoms with Gasteiger partial charge < -0.3 is 5.32 Å². The monoisotopic (exact) mass is 346 g/mol. The standard InChI is InChI=1S/C14H22N2O4S2/c1-21(17,18)13-5-2-6-14(10-13)22(19,20)16-9-7-12-4-3-8-15-11-12/h2,5-6,10,12,15-16H,3-4,7-9,11H2,1H3. The smallest absolute Gasteiger partial charge is 0.240 e. The van der Waals surface area contributed by atoms with Crippen molar-refractivity contribution in [3.8, 4) is 0 Å². The first-order chi connectivity index (χ1) is 10.3. The van der Waals surface area contributed by atoms with Crippen LogP contribution in [-0.2, 0) is 19.9 Å². The molecule has 6 nitrogen and oxygen atoms in total. The van der Waals surface area contributed by atoms with Gasteiger partial charge >= 0.3 is 0 Å². The molecule has 0 spiro atoms. The Bertz CT molecular complexity index is 708. The summed E-state index contributed by atoms with van der Waals surface area (Å²) in [6, 6.07) is 5.43. The van der Waals surface area contributed by atoms with Crippen LogP contribution in [0.1, 0.15) is 19.3 Å². The number of sulfonamides is 1. The molecule has 0 amide bonds. The zero-order chi connectivity index (χ0) is 16.2. The van der Waals surface area contributed by atoms with E-state index in [1.54, 1.807) is 0 Å². The lowest BCUT2D eigenvalue weighted by atomic mass is 9.96. The fourth-order valence-corrected chi connectivity index (χ4v) is 4.36. The van der Waals surface area contributed by atoms with E-state index in [2.05, 4.69) is 10.0 Å². The number of piperidine rings is 1. The Labute approximate surface area is 132 Å². The second kappa shape index (κ2) is 7.08. The van der Waals surface area contributed by atoms with Gasteiger partial charge in [0.05, 0.1) is 9.79 Å². The second-order valence-electron chi connectivity index (χ2n) is 5.65. The summed E-state index contributed by atoms with van der Waals surface area (Å²) in [4.78, 5) is -0.0101. The number of hydrogen-bond acceptors (Lipinski definition) is 5. The molecule has 1 unspecified atom stereocenters. The fourth-order valence-electron chi connectivity index (χ4n) is 2.52. The topological polar surface area (TPSA) is 92.3 Å². The minimum atomic E-state index is -3.68. The van der Waals surface area contributed by atoms with Crippen molar-refractivity contribution in [1.29, 1.82) is 0 Å². The minimum Gasteiger partial charge on any atom is -0.316 e. The molecule has 0 aromatic heterocycles. The van der Waals surface area contributed by atoms with Gasteiger partial charge in [0.2, 0.25) is 10.0 Å². The molecule has 1 atom stereocenters. The molecule has 2 rings (SSSR count). The summed E-state index contributed by atoms with van der Waals surface area (Å²) >= 11 is 0. The van der Waals surface area contributed by atoms with Crippen LogP contribution in [0.5, 0.6) is 0 Å². The number of hydrogen-bond donors (Lipinski definition) is 2. The van der Waals surface area contributed by atoms with Gasteiger partial charge in [0.15, 0.2) is 9.84 Å². The highest BCUT2D eigenvalue weighted by Crippen LogP contribution is 2.17. The molecule has 0 saturated carbocycles. The van der Waals surface area contributed by atoms with Gasteiger partial charge in [-0.05, 0) is 56.5 Å². The Morgan fingerprint density at radius 3 is 2.59 bits per heavy atom. The average molecular weight is 346 g/mol. The van der Waals surface area contributed by atoms with Gasteiger partial charge in [-0.15, -0.1) is 0 Å². The SMILES string of the molecule is CS(=O)(=O)c1cccc(S(=O)(=O)NCCC2CCCNC2)c1. The highest BCUT2D eigenvalue weighted by Gasteiger charge is 2.18. The van der Waals surface area contributed by atoms with Gasteiger partial charge in [-0.2, -0.15) is 0 Å².